The van der Waals surface area contributed by atoms with E-state index in [4.69, 9.17) is 4.74 Å². The van der Waals surface area contributed by atoms with Gasteiger partial charge in [0.05, 0.1) is 0 Å². The fraction of sp³-hybridized carbons (Fsp3) is 0.500. The standard InChI is InChI=1S/C12H14BrFO/c13-11-3-1-9(2-4-11)12(14)10-5-7-15-8-6-10/h1-4,10,12H,5-8H2. The molecule has 82 valence electrons. The highest BCUT2D eigenvalue weighted by atomic mass is 79.9. The van der Waals surface area contributed by atoms with E-state index in [1.165, 1.54) is 0 Å². The summed E-state index contributed by atoms with van der Waals surface area (Å²) in [5.41, 5.74) is 0.783. The molecular formula is C12H14BrFO. The molecule has 0 N–H and O–H groups in total. The first kappa shape index (κ1) is 11.1. The molecule has 1 saturated heterocycles. The van der Waals surface area contributed by atoms with Crippen LogP contribution in [0.25, 0.3) is 0 Å². The number of hydrogen-bond acceptors (Lipinski definition) is 1. The first-order valence-corrected chi connectivity index (χ1v) is 6.04. The Kier molecular flexibility index (Phi) is 3.76. The average molecular weight is 273 g/mol. The van der Waals surface area contributed by atoms with Crippen LogP contribution in [0.2, 0.25) is 0 Å². The van der Waals surface area contributed by atoms with Crippen molar-refractivity contribution in [2.75, 3.05) is 13.2 Å². The van der Waals surface area contributed by atoms with Gasteiger partial charge in [-0.1, -0.05) is 28.1 Å². The molecule has 0 bridgehead atoms. The molecule has 0 aliphatic carbocycles. The highest BCUT2D eigenvalue weighted by Gasteiger charge is 2.24. The summed E-state index contributed by atoms with van der Waals surface area (Å²) < 4.78 is 20.3. The van der Waals surface area contributed by atoms with Crippen molar-refractivity contribution in [1.82, 2.24) is 0 Å². The molecule has 0 amide bonds. The van der Waals surface area contributed by atoms with Crippen LogP contribution in [-0.2, 0) is 4.74 Å². The maximum absolute atomic E-state index is 14.1. The maximum Gasteiger partial charge on any atom is 0.128 e. The Labute approximate surface area is 97.8 Å². The molecule has 1 atom stereocenters. The van der Waals surface area contributed by atoms with Crippen molar-refractivity contribution < 1.29 is 9.13 Å². The number of benzene rings is 1. The van der Waals surface area contributed by atoms with Crippen LogP contribution in [0, 0.1) is 5.92 Å². The second-order valence-corrected chi connectivity index (χ2v) is 4.82. The number of halogens is 2. The quantitative estimate of drug-likeness (QED) is 0.794. The lowest BCUT2D eigenvalue weighted by Crippen LogP contribution is -2.19. The lowest BCUT2D eigenvalue weighted by molar-refractivity contribution is 0.0365. The molecule has 15 heavy (non-hydrogen) atoms. The molecule has 1 nitrogen and oxygen atoms in total. The van der Waals surface area contributed by atoms with Gasteiger partial charge in [0.2, 0.25) is 0 Å². The van der Waals surface area contributed by atoms with Crippen molar-refractivity contribution >= 4 is 15.9 Å². The predicted molar refractivity (Wildman–Crippen MR) is 61.5 cm³/mol. The Bertz CT molecular complexity index is 306. The van der Waals surface area contributed by atoms with Gasteiger partial charge in [-0.25, -0.2) is 4.39 Å². The minimum absolute atomic E-state index is 0.125. The molecule has 1 aromatic carbocycles. The fourth-order valence-corrected chi connectivity index (χ4v) is 2.19. The van der Waals surface area contributed by atoms with E-state index in [-0.39, 0.29) is 5.92 Å². The normalized spacial score (nSPS) is 20.1. The Morgan fingerprint density at radius 2 is 1.80 bits per heavy atom. The van der Waals surface area contributed by atoms with Crippen LogP contribution in [0.5, 0.6) is 0 Å². The molecule has 1 fully saturated rings. The molecule has 0 saturated carbocycles. The minimum Gasteiger partial charge on any atom is -0.381 e. The predicted octanol–water partition coefficient (Wildman–Crippen LogP) is 3.89. The van der Waals surface area contributed by atoms with E-state index in [1.807, 2.05) is 24.3 Å². The van der Waals surface area contributed by atoms with Gasteiger partial charge in [-0.05, 0) is 36.5 Å². The number of alkyl halides is 1. The molecule has 1 aliphatic rings. The van der Waals surface area contributed by atoms with E-state index >= 15 is 0 Å². The zero-order chi connectivity index (χ0) is 10.7. The van der Waals surface area contributed by atoms with Gasteiger partial charge in [0.1, 0.15) is 6.17 Å². The van der Waals surface area contributed by atoms with E-state index in [0.717, 1.165) is 22.9 Å². The van der Waals surface area contributed by atoms with Gasteiger partial charge in [-0.3, -0.25) is 0 Å². The van der Waals surface area contributed by atoms with Crippen molar-refractivity contribution in [2.45, 2.75) is 19.0 Å². The van der Waals surface area contributed by atoms with E-state index < -0.39 is 6.17 Å². The summed E-state index contributed by atoms with van der Waals surface area (Å²) >= 11 is 3.35. The SMILES string of the molecule is FC(c1ccc(Br)cc1)C1CCOCC1. The van der Waals surface area contributed by atoms with Gasteiger partial charge in [-0.15, -0.1) is 0 Å². The van der Waals surface area contributed by atoms with Crippen LogP contribution >= 0.6 is 15.9 Å². The fourth-order valence-electron chi connectivity index (χ4n) is 1.93. The zero-order valence-corrected chi connectivity index (χ0v) is 10.0. The highest BCUT2D eigenvalue weighted by Crippen LogP contribution is 2.33. The van der Waals surface area contributed by atoms with Gasteiger partial charge in [0.25, 0.3) is 0 Å². The molecule has 2 rings (SSSR count). The summed E-state index contributed by atoms with van der Waals surface area (Å²) in [6, 6.07) is 7.48. The second kappa shape index (κ2) is 5.08. The minimum atomic E-state index is -0.845. The van der Waals surface area contributed by atoms with Crippen LogP contribution in [0.4, 0.5) is 4.39 Å². The van der Waals surface area contributed by atoms with Crippen molar-refractivity contribution in [3.63, 3.8) is 0 Å². The van der Waals surface area contributed by atoms with Crippen LogP contribution in [0.1, 0.15) is 24.6 Å². The topological polar surface area (TPSA) is 9.23 Å². The molecule has 3 heteroatoms. The molecule has 1 aliphatic heterocycles. The highest BCUT2D eigenvalue weighted by molar-refractivity contribution is 9.10. The Morgan fingerprint density at radius 1 is 1.20 bits per heavy atom. The zero-order valence-electron chi connectivity index (χ0n) is 8.46. The first-order chi connectivity index (χ1) is 7.27. The lowest BCUT2D eigenvalue weighted by Gasteiger charge is -2.25. The van der Waals surface area contributed by atoms with Crippen molar-refractivity contribution in [2.24, 2.45) is 5.92 Å². The maximum atomic E-state index is 14.1. The Hall–Kier alpha value is -0.410. The van der Waals surface area contributed by atoms with Gasteiger partial charge >= 0.3 is 0 Å². The largest absolute Gasteiger partial charge is 0.381 e. The summed E-state index contributed by atoms with van der Waals surface area (Å²) in [4.78, 5) is 0. The van der Waals surface area contributed by atoms with Crippen molar-refractivity contribution in [1.29, 1.82) is 0 Å². The van der Waals surface area contributed by atoms with E-state index in [9.17, 15) is 4.39 Å². The Morgan fingerprint density at radius 3 is 2.40 bits per heavy atom. The van der Waals surface area contributed by atoms with Crippen LogP contribution in [0.3, 0.4) is 0 Å². The Balaban J connectivity index is 2.05. The molecule has 0 aromatic heterocycles. The first-order valence-electron chi connectivity index (χ1n) is 5.24. The summed E-state index contributed by atoms with van der Waals surface area (Å²) in [6.45, 7) is 1.39. The van der Waals surface area contributed by atoms with Gasteiger partial charge in [-0.2, -0.15) is 0 Å². The van der Waals surface area contributed by atoms with Crippen LogP contribution in [0.15, 0.2) is 28.7 Å². The van der Waals surface area contributed by atoms with Crippen LogP contribution in [-0.4, -0.2) is 13.2 Å². The second-order valence-electron chi connectivity index (χ2n) is 3.90. The smallest absolute Gasteiger partial charge is 0.128 e. The van der Waals surface area contributed by atoms with E-state index in [1.54, 1.807) is 0 Å². The number of ether oxygens (including phenoxy) is 1. The molecular weight excluding hydrogens is 259 g/mol. The summed E-state index contributed by atoms with van der Waals surface area (Å²) in [5.74, 6) is 0.125. The number of rotatable bonds is 2. The molecule has 1 aromatic rings. The van der Waals surface area contributed by atoms with Gasteiger partial charge < -0.3 is 4.74 Å². The van der Waals surface area contributed by atoms with Gasteiger partial charge in [0.15, 0.2) is 0 Å². The number of hydrogen-bond donors (Lipinski definition) is 0. The van der Waals surface area contributed by atoms with Gasteiger partial charge in [0, 0.05) is 17.7 Å². The lowest BCUT2D eigenvalue weighted by atomic mass is 9.90. The third-order valence-corrected chi connectivity index (χ3v) is 3.40. The molecule has 1 unspecified atom stereocenters. The van der Waals surface area contributed by atoms with Crippen molar-refractivity contribution in [3.8, 4) is 0 Å². The van der Waals surface area contributed by atoms with Crippen LogP contribution < -0.4 is 0 Å². The van der Waals surface area contributed by atoms with E-state index in [0.29, 0.717) is 13.2 Å². The third-order valence-electron chi connectivity index (χ3n) is 2.87. The summed E-state index contributed by atoms with van der Waals surface area (Å²) in [5, 5.41) is 0. The molecule has 1 heterocycles. The molecule has 0 radical (unpaired) electrons. The summed E-state index contributed by atoms with van der Waals surface area (Å²) in [6.07, 6.45) is 0.816. The monoisotopic (exact) mass is 272 g/mol. The third kappa shape index (κ3) is 2.79. The summed E-state index contributed by atoms with van der Waals surface area (Å²) in [7, 11) is 0. The molecule has 0 spiro atoms. The average Bonchev–Trinajstić information content (AvgIpc) is 2.30. The van der Waals surface area contributed by atoms with E-state index in [2.05, 4.69) is 15.9 Å². The van der Waals surface area contributed by atoms with Crippen molar-refractivity contribution in [3.05, 3.63) is 34.3 Å².